The zero-order valence-corrected chi connectivity index (χ0v) is 13.1. The van der Waals surface area contributed by atoms with Crippen LogP contribution in [0.1, 0.15) is 36.8 Å². The lowest BCUT2D eigenvalue weighted by Crippen LogP contribution is -2.43. The second-order valence-electron chi connectivity index (χ2n) is 6.60. The predicted molar refractivity (Wildman–Crippen MR) is 85.0 cm³/mol. The normalized spacial score (nSPS) is 23.5. The van der Waals surface area contributed by atoms with E-state index in [1.165, 1.54) is 24.0 Å². The van der Waals surface area contributed by atoms with Gasteiger partial charge in [0.2, 0.25) is 5.91 Å². The standard InChI is InChI=1S/C18H26N2O/c1-15-6-4-7-16(12-15)13-19-9-5-8-17(14-19)18(21)20-10-2-3-11-20/h4,6-7,12,17H,2-3,5,8-11,13-14H2,1H3/t17-/m0/s1. The first kappa shape index (κ1) is 14.6. The van der Waals surface area contributed by atoms with Gasteiger partial charge in [0.25, 0.3) is 0 Å². The van der Waals surface area contributed by atoms with Crippen molar-refractivity contribution < 1.29 is 4.79 Å². The molecular formula is C18H26N2O. The molecule has 1 atom stereocenters. The number of hydrogen-bond acceptors (Lipinski definition) is 2. The Morgan fingerprint density at radius 1 is 1.19 bits per heavy atom. The minimum absolute atomic E-state index is 0.224. The minimum Gasteiger partial charge on any atom is -0.342 e. The highest BCUT2D eigenvalue weighted by Gasteiger charge is 2.30. The Labute approximate surface area is 127 Å². The molecule has 0 aromatic heterocycles. The average Bonchev–Trinajstić information content (AvgIpc) is 3.01. The fourth-order valence-electron chi connectivity index (χ4n) is 3.67. The minimum atomic E-state index is 0.224. The molecule has 114 valence electrons. The summed E-state index contributed by atoms with van der Waals surface area (Å²) in [4.78, 5) is 17.1. The Morgan fingerprint density at radius 2 is 2.00 bits per heavy atom. The first-order chi connectivity index (χ1) is 10.2. The van der Waals surface area contributed by atoms with Crippen molar-refractivity contribution in [2.45, 2.75) is 39.2 Å². The van der Waals surface area contributed by atoms with Crippen LogP contribution >= 0.6 is 0 Å². The highest BCUT2D eigenvalue weighted by molar-refractivity contribution is 5.79. The maximum Gasteiger partial charge on any atom is 0.226 e. The number of carbonyl (C=O) groups excluding carboxylic acids is 1. The molecule has 0 radical (unpaired) electrons. The second kappa shape index (κ2) is 6.61. The van der Waals surface area contributed by atoms with Gasteiger partial charge in [-0.2, -0.15) is 0 Å². The molecule has 21 heavy (non-hydrogen) atoms. The van der Waals surface area contributed by atoms with Crippen LogP contribution in [0.25, 0.3) is 0 Å². The van der Waals surface area contributed by atoms with Gasteiger partial charge in [-0.05, 0) is 44.7 Å². The molecule has 0 spiro atoms. The lowest BCUT2D eigenvalue weighted by molar-refractivity contribution is -0.136. The van der Waals surface area contributed by atoms with Crippen molar-refractivity contribution in [1.82, 2.24) is 9.80 Å². The fourth-order valence-corrected chi connectivity index (χ4v) is 3.67. The number of amides is 1. The number of aryl methyl sites for hydroxylation is 1. The third kappa shape index (κ3) is 3.65. The Morgan fingerprint density at radius 3 is 2.76 bits per heavy atom. The van der Waals surface area contributed by atoms with Gasteiger partial charge in [-0.15, -0.1) is 0 Å². The smallest absolute Gasteiger partial charge is 0.226 e. The van der Waals surface area contributed by atoms with Crippen molar-refractivity contribution in [3.63, 3.8) is 0 Å². The Kier molecular flexibility index (Phi) is 4.59. The number of rotatable bonds is 3. The molecule has 2 saturated heterocycles. The van der Waals surface area contributed by atoms with Crippen LogP contribution in [0.15, 0.2) is 24.3 Å². The fraction of sp³-hybridized carbons (Fsp3) is 0.611. The largest absolute Gasteiger partial charge is 0.342 e. The maximum absolute atomic E-state index is 12.6. The predicted octanol–water partition coefficient (Wildman–Crippen LogP) is 2.83. The summed E-state index contributed by atoms with van der Waals surface area (Å²) in [6, 6.07) is 8.71. The molecule has 0 bridgehead atoms. The molecule has 3 rings (SSSR count). The van der Waals surface area contributed by atoms with Crippen molar-refractivity contribution in [3.8, 4) is 0 Å². The summed E-state index contributed by atoms with van der Waals surface area (Å²) >= 11 is 0. The lowest BCUT2D eigenvalue weighted by Gasteiger charge is -2.34. The first-order valence-electron chi connectivity index (χ1n) is 8.29. The van der Waals surface area contributed by atoms with Gasteiger partial charge < -0.3 is 4.90 Å². The number of nitrogens with zero attached hydrogens (tertiary/aromatic N) is 2. The summed E-state index contributed by atoms with van der Waals surface area (Å²) in [5.74, 6) is 0.628. The molecule has 2 heterocycles. The number of piperidine rings is 1. The van der Waals surface area contributed by atoms with Gasteiger partial charge in [0.15, 0.2) is 0 Å². The number of carbonyl (C=O) groups is 1. The van der Waals surface area contributed by atoms with Crippen molar-refractivity contribution >= 4 is 5.91 Å². The van der Waals surface area contributed by atoms with Crippen molar-refractivity contribution in [2.75, 3.05) is 26.2 Å². The third-order valence-electron chi connectivity index (χ3n) is 4.76. The molecule has 0 N–H and O–H groups in total. The van der Waals surface area contributed by atoms with Crippen molar-refractivity contribution in [1.29, 1.82) is 0 Å². The van der Waals surface area contributed by atoms with Crippen molar-refractivity contribution in [3.05, 3.63) is 35.4 Å². The molecule has 2 aliphatic rings. The highest BCUT2D eigenvalue weighted by atomic mass is 16.2. The van der Waals surface area contributed by atoms with Gasteiger partial charge in [0.05, 0.1) is 5.92 Å². The van der Waals surface area contributed by atoms with Crippen molar-refractivity contribution in [2.24, 2.45) is 5.92 Å². The summed E-state index contributed by atoms with van der Waals surface area (Å²) in [7, 11) is 0. The average molecular weight is 286 g/mol. The molecule has 0 unspecified atom stereocenters. The molecule has 3 heteroatoms. The van der Waals surface area contributed by atoms with Crippen LogP contribution in [-0.2, 0) is 11.3 Å². The van der Waals surface area contributed by atoms with Crippen LogP contribution in [-0.4, -0.2) is 41.9 Å². The second-order valence-corrected chi connectivity index (χ2v) is 6.60. The van der Waals surface area contributed by atoms with Crippen LogP contribution in [0.4, 0.5) is 0 Å². The van der Waals surface area contributed by atoms with Gasteiger partial charge in [-0.3, -0.25) is 9.69 Å². The van der Waals surface area contributed by atoms with Gasteiger partial charge in [-0.1, -0.05) is 29.8 Å². The monoisotopic (exact) mass is 286 g/mol. The molecule has 1 aromatic rings. The lowest BCUT2D eigenvalue weighted by atomic mass is 9.96. The van der Waals surface area contributed by atoms with E-state index < -0.39 is 0 Å². The molecule has 2 fully saturated rings. The van der Waals surface area contributed by atoms with E-state index in [1.54, 1.807) is 0 Å². The molecule has 0 saturated carbocycles. The van der Waals surface area contributed by atoms with Crippen LogP contribution in [0.2, 0.25) is 0 Å². The third-order valence-corrected chi connectivity index (χ3v) is 4.76. The Bertz CT molecular complexity index is 494. The van der Waals surface area contributed by atoms with E-state index in [9.17, 15) is 4.79 Å². The number of likely N-dealkylation sites (tertiary alicyclic amines) is 2. The van der Waals surface area contributed by atoms with Crippen LogP contribution in [0.3, 0.4) is 0 Å². The van der Waals surface area contributed by atoms with E-state index in [1.807, 2.05) is 0 Å². The van der Waals surface area contributed by atoms with E-state index in [0.717, 1.165) is 45.6 Å². The van der Waals surface area contributed by atoms with Gasteiger partial charge >= 0.3 is 0 Å². The van der Waals surface area contributed by atoms with Gasteiger partial charge in [0.1, 0.15) is 0 Å². The zero-order valence-electron chi connectivity index (χ0n) is 13.1. The Balaban J connectivity index is 1.59. The Hall–Kier alpha value is -1.35. The van der Waals surface area contributed by atoms with E-state index in [4.69, 9.17) is 0 Å². The molecule has 1 aromatic carbocycles. The highest BCUT2D eigenvalue weighted by Crippen LogP contribution is 2.22. The van der Waals surface area contributed by atoms with Crippen LogP contribution in [0, 0.1) is 12.8 Å². The summed E-state index contributed by atoms with van der Waals surface area (Å²) in [5, 5.41) is 0. The van der Waals surface area contributed by atoms with E-state index in [2.05, 4.69) is 41.0 Å². The van der Waals surface area contributed by atoms with E-state index >= 15 is 0 Å². The molecule has 2 aliphatic heterocycles. The summed E-state index contributed by atoms with van der Waals surface area (Å²) < 4.78 is 0. The van der Waals surface area contributed by atoms with Crippen LogP contribution in [0.5, 0.6) is 0 Å². The molecule has 1 amide bonds. The van der Waals surface area contributed by atoms with Crippen LogP contribution < -0.4 is 0 Å². The quantitative estimate of drug-likeness (QED) is 0.853. The molecular weight excluding hydrogens is 260 g/mol. The topological polar surface area (TPSA) is 23.6 Å². The first-order valence-corrected chi connectivity index (χ1v) is 8.29. The maximum atomic E-state index is 12.6. The van der Waals surface area contributed by atoms with E-state index in [0.29, 0.717) is 5.91 Å². The number of benzene rings is 1. The van der Waals surface area contributed by atoms with E-state index in [-0.39, 0.29) is 5.92 Å². The zero-order chi connectivity index (χ0) is 14.7. The van der Waals surface area contributed by atoms with Gasteiger partial charge in [0, 0.05) is 26.2 Å². The summed E-state index contributed by atoms with van der Waals surface area (Å²) in [5.41, 5.74) is 2.68. The SMILES string of the molecule is Cc1cccc(CN2CCC[C@H](C(=O)N3CCCC3)C2)c1. The molecule has 0 aliphatic carbocycles. The summed E-state index contributed by atoms with van der Waals surface area (Å²) in [6.45, 7) is 7.13. The number of hydrogen-bond donors (Lipinski definition) is 0. The van der Waals surface area contributed by atoms with Gasteiger partial charge in [-0.25, -0.2) is 0 Å². The molecule has 3 nitrogen and oxygen atoms in total. The summed E-state index contributed by atoms with van der Waals surface area (Å²) in [6.07, 6.45) is 4.59.